The Kier molecular flexibility index (Phi) is 6.45. The van der Waals surface area contributed by atoms with Gasteiger partial charge in [-0.15, -0.1) is 0 Å². The van der Waals surface area contributed by atoms with Crippen LogP contribution in [0.3, 0.4) is 0 Å². The Morgan fingerprint density at radius 1 is 1.33 bits per heavy atom. The zero-order chi connectivity index (χ0) is 13.4. The topological polar surface area (TPSA) is 80.6 Å². The number of hydrogen-bond donors (Lipinski definition) is 2. The predicted octanol–water partition coefficient (Wildman–Crippen LogP) is 0.925. The van der Waals surface area contributed by atoms with Crippen molar-refractivity contribution in [2.45, 2.75) is 6.42 Å². The van der Waals surface area contributed by atoms with Gasteiger partial charge in [0.2, 0.25) is 5.91 Å². The largest absolute Gasteiger partial charge is 0.444 e. The lowest BCUT2D eigenvalue weighted by molar-refractivity contribution is -0.121. The van der Waals surface area contributed by atoms with Crippen LogP contribution in [0.4, 0.5) is 0 Å². The molecule has 0 unspecified atom stereocenters. The van der Waals surface area contributed by atoms with Gasteiger partial charge in [0.15, 0.2) is 10.4 Å². The van der Waals surface area contributed by atoms with Crippen LogP contribution in [0.5, 0.6) is 0 Å². The van der Waals surface area contributed by atoms with Gasteiger partial charge in [-0.2, -0.15) is 0 Å². The number of methoxy groups -OCH3 is 1. The molecule has 1 aromatic rings. The van der Waals surface area contributed by atoms with Crippen LogP contribution in [0, 0.1) is 0 Å². The van der Waals surface area contributed by atoms with Crippen LogP contribution >= 0.6 is 15.9 Å². The molecule has 0 spiro atoms. The van der Waals surface area contributed by atoms with E-state index >= 15 is 0 Å². The number of halogens is 1. The normalized spacial score (nSPS) is 10.1. The molecule has 1 rings (SSSR count). The summed E-state index contributed by atoms with van der Waals surface area (Å²) < 4.78 is 10.4. The zero-order valence-corrected chi connectivity index (χ0v) is 11.6. The van der Waals surface area contributed by atoms with Crippen molar-refractivity contribution in [1.29, 1.82) is 0 Å². The Morgan fingerprint density at radius 2 is 2.11 bits per heavy atom. The lowest BCUT2D eigenvalue weighted by atomic mass is 10.3. The molecular weight excluding hydrogens is 304 g/mol. The quantitative estimate of drug-likeness (QED) is 0.733. The third-order valence-electron chi connectivity index (χ3n) is 2.06. The van der Waals surface area contributed by atoms with Gasteiger partial charge in [-0.25, -0.2) is 0 Å². The minimum atomic E-state index is -0.342. The first-order valence-corrected chi connectivity index (χ1v) is 6.22. The van der Waals surface area contributed by atoms with E-state index in [1.165, 1.54) is 0 Å². The third-order valence-corrected chi connectivity index (χ3v) is 2.49. The van der Waals surface area contributed by atoms with E-state index in [2.05, 4.69) is 26.6 Å². The number of rotatable bonds is 7. The van der Waals surface area contributed by atoms with Crippen LogP contribution in [0.15, 0.2) is 21.2 Å². The van der Waals surface area contributed by atoms with Crippen molar-refractivity contribution in [1.82, 2.24) is 10.6 Å². The highest BCUT2D eigenvalue weighted by atomic mass is 79.9. The van der Waals surface area contributed by atoms with Crippen molar-refractivity contribution in [2.75, 3.05) is 26.8 Å². The minimum absolute atomic E-state index is 0.132. The second-order valence-corrected chi connectivity index (χ2v) is 4.23. The molecule has 0 aromatic carbocycles. The van der Waals surface area contributed by atoms with Crippen LogP contribution in [0.2, 0.25) is 0 Å². The van der Waals surface area contributed by atoms with E-state index in [4.69, 9.17) is 9.15 Å². The predicted molar refractivity (Wildman–Crippen MR) is 68.2 cm³/mol. The average molecular weight is 319 g/mol. The second kappa shape index (κ2) is 7.88. The van der Waals surface area contributed by atoms with Crippen LogP contribution in [-0.4, -0.2) is 38.6 Å². The average Bonchev–Trinajstić information content (AvgIpc) is 2.76. The van der Waals surface area contributed by atoms with Gasteiger partial charge >= 0.3 is 0 Å². The summed E-state index contributed by atoms with van der Waals surface area (Å²) in [6.45, 7) is 1.20. The number of carbonyl (C=O) groups excluding carboxylic acids is 2. The van der Waals surface area contributed by atoms with Gasteiger partial charge < -0.3 is 19.8 Å². The minimum Gasteiger partial charge on any atom is -0.444 e. The van der Waals surface area contributed by atoms with Crippen LogP contribution < -0.4 is 10.6 Å². The molecule has 2 N–H and O–H groups in total. The molecule has 100 valence electrons. The van der Waals surface area contributed by atoms with Gasteiger partial charge in [-0.05, 0) is 28.1 Å². The highest BCUT2D eigenvalue weighted by molar-refractivity contribution is 9.10. The zero-order valence-electron chi connectivity index (χ0n) is 9.99. The Bertz CT molecular complexity index is 406. The van der Waals surface area contributed by atoms with Crippen molar-refractivity contribution in [3.63, 3.8) is 0 Å². The molecule has 0 saturated heterocycles. The molecule has 1 aromatic heterocycles. The van der Waals surface area contributed by atoms with E-state index in [9.17, 15) is 9.59 Å². The smallest absolute Gasteiger partial charge is 0.287 e. The highest BCUT2D eigenvalue weighted by Crippen LogP contribution is 2.13. The van der Waals surface area contributed by atoms with E-state index in [-0.39, 0.29) is 30.5 Å². The maximum Gasteiger partial charge on any atom is 0.287 e. The fourth-order valence-corrected chi connectivity index (χ4v) is 1.50. The molecule has 6 nitrogen and oxygen atoms in total. The summed E-state index contributed by atoms with van der Waals surface area (Å²) in [6, 6.07) is 3.18. The number of carbonyl (C=O) groups is 2. The molecule has 0 radical (unpaired) electrons. The summed E-state index contributed by atoms with van der Waals surface area (Å²) in [6.07, 6.45) is 0.220. The van der Waals surface area contributed by atoms with Crippen molar-refractivity contribution in [2.24, 2.45) is 0 Å². The first-order valence-electron chi connectivity index (χ1n) is 5.42. The fourth-order valence-electron chi connectivity index (χ4n) is 1.19. The number of furan rings is 1. The van der Waals surface area contributed by atoms with E-state index in [0.717, 1.165) is 0 Å². The summed E-state index contributed by atoms with van der Waals surface area (Å²) in [5.74, 6) is -0.264. The fraction of sp³-hybridized carbons (Fsp3) is 0.455. The van der Waals surface area contributed by atoms with Crippen molar-refractivity contribution in [3.05, 3.63) is 22.6 Å². The summed E-state index contributed by atoms with van der Waals surface area (Å²) in [7, 11) is 1.56. The summed E-state index contributed by atoms with van der Waals surface area (Å²) >= 11 is 3.10. The van der Waals surface area contributed by atoms with Gasteiger partial charge in [0, 0.05) is 26.6 Å². The molecule has 0 aliphatic heterocycles. The van der Waals surface area contributed by atoms with Gasteiger partial charge in [-0.1, -0.05) is 0 Å². The first kappa shape index (κ1) is 14.7. The van der Waals surface area contributed by atoms with Crippen molar-refractivity contribution in [3.8, 4) is 0 Å². The molecule has 0 aliphatic rings. The number of nitrogens with one attached hydrogen (secondary N) is 2. The lowest BCUT2D eigenvalue weighted by Gasteiger charge is -2.05. The maximum absolute atomic E-state index is 11.5. The van der Waals surface area contributed by atoms with Gasteiger partial charge in [0.05, 0.1) is 6.61 Å². The second-order valence-electron chi connectivity index (χ2n) is 3.45. The highest BCUT2D eigenvalue weighted by Gasteiger charge is 2.10. The van der Waals surface area contributed by atoms with E-state index in [0.29, 0.717) is 17.8 Å². The third kappa shape index (κ3) is 5.33. The first-order chi connectivity index (χ1) is 8.63. The molecular formula is C11H15BrN2O4. The number of ether oxygens (including phenoxy) is 1. The molecule has 0 fully saturated rings. The molecule has 1 heterocycles. The van der Waals surface area contributed by atoms with Crippen LogP contribution in [0.1, 0.15) is 17.0 Å². The Balaban J connectivity index is 2.17. The van der Waals surface area contributed by atoms with Gasteiger partial charge in [0.1, 0.15) is 0 Å². The monoisotopic (exact) mass is 318 g/mol. The summed E-state index contributed by atoms with van der Waals surface area (Å²) in [4.78, 5) is 22.8. The Hall–Kier alpha value is -1.34. The summed E-state index contributed by atoms with van der Waals surface area (Å²) in [5, 5.41) is 5.24. The SMILES string of the molecule is COCCNC(=O)CCNC(=O)c1ccc(Br)o1. The van der Waals surface area contributed by atoms with E-state index < -0.39 is 0 Å². The van der Waals surface area contributed by atoms with Crippen LogP contribution in [0.25, 0.3) is 0 Å². The molecule has 0 bridgehead atoms. The van der Waals surface area contributed by atoms with E-state index in [1.54, 1.807) is 19.2 Å². The van der Waals surface area contributed by atoms with Crippen molar-refractivity contribution >= 4 is 27.7 Å². The van der Waals surface area contributed by atoms with Crippen molar-refractivity contribution < 1.29 is 18.7 Å². The van der Waals surface area contributed by atoms with Crippen LogP contribution in [-0.2, 0) is 9.53 Å². The number of amides is 2. The molecule has 0 atom stereocenters. The Labute approximate surface area is 113 Å². The lowest BCUT2D eigenvalue weighted by Crippen LogP contribution is -2.32. The maximum atomic E-state index is 11.5. The molecule has 2 amide bonds. The Morgan fingerprint density at radius 3 is 2.72 bits per heavy atom. The van der Waals surface area contributed by atoms with Gasteiger partial charge in [-0.3, -0.25) is 9.59 Å². The van der Waals surface area contributed by atoms with E-state index in [1.807, 2.05) is 0 Å². The molecule has 0 saturated carbocycles. The molecule has 7 heteroatoms. The van der Waals surface area contributed by atoms with Gasteiger partial charge in [0.25, 0.3) is 5.91 Å². The molecule has 18 heavy (non-hydrogen) atoms. The molecule has 0 aliphatic carbocycles. The summed E-state index contributed by atoms with van der Waals surface area (Å²) in [5.41, 5.74) is 0. The number of hydrogen-bond acceptors (Lipinski definition) is 4. The standard InChI is InChI=1S/C11H15BrN2O4/c1-17-7-6-13-10(15)4-5-14-11(16)8-2-3-9(12)18-8/h2-3H,4-7H2,1H3,(H,13,15)(H,14,16).